The van der Waals surface area contributed by atoms with Crippen LogP contribution in [0.3, 0.4) is 0 Å². The van der Waals surface area contributed by atoms with Crippen LogP contribution in [0.5, 0.6) is 0 Å². The number of rotatable bonds is 3. The molecule has 0 aliphatic rings. The first kappa shape index (κ1) is 18.0. The molecule has 6 heteroatoms. The Morgan fingerprint density at radius 3 is 1.97 bits per heavy atom. The monoisotopic (exact) mass is 399 g/mol. The zero-order chi connectivity index (χ0) is 20.7. The Bertz CT molecular complexity index is 1400. The van der Waals surface area contributed by atoms with Crippen LogP contribution < -0.4 is 5.56 Å². The average molecular weight is 399 g/mol. The maximum atomic E-state index is 13.5. The molecule has 5 aromatic rings. The first-order valence-corrected chi connectivity index (χ1v) is 9.32. The van der Waals surface area contributed by atoms with Crippen molar-refractivity contribution < 1.29 is 8.78 Å². The van der Waals surface area contributed by atoms with E-state index in [1.54, 1.807) is 18.2 Å². The molecular weight excluding hydrogens is 384 g/mol. The van der Waals surface area contributed by atoms with Crippen LogP contribution in [-0.2, 0) is 0 Å². The summed E-state index contributed by atoms with van der Waals surface area (Å²) in [5.41, 5.74) is 3.06. The van der Waals surface area contributed by atoms with Gasteiger partial charge in [0.25, 0.3) is 5.56 Å². The minimum atomic E-state index is -0.380. The van der Waals surface area contributed by atoms with Crippen molar-refractivity contribution in [2.45, 2.75) is 0 Å². The smallest absolute Gasteiger partial charge is 0.267 e. The van der Waals surface area contributed by atoms with Gasteiger partial charge >= 0.3 is 0 Å². The van der Waals surface area contributed by atoms with Crippen molar-refractivity contribution in [3.8, 4) is 22.6 Å². The second kappa shape index (κ2) is 7.08. The normalized spacial score (nSPS) is 11.1. The van der Waals surface area contributed by atoms with Gasteiger partial charge in [-0.1, -0.05) is 30.3 Å². The number of aromatic nitrogens is 3. The van der Waals surface area contributed by atoms with Gasteiger partial charge < -0.3 is 0 Å². The highest BCUT2D eigenvalue weighted by atomic mass is 19.1. The molecule has 5 rings (SSSR count). The number of benzene rings is 3. The van der Waals surface area contributed by atoms with Crippen LogP contribution in [0.15, 0.2) is 96.1 Å². The van der Waals surface area contributed by atoms with Gasteiger partial charge in [0.15, 0.2) is 5.65 Å². The summed E-state index contributed by atoms with van der Waals surface area (Å²) < 4.78 is 30.0. The predicted octanol–water partition coefficient (Wildman–Crippen LogP) is 5.12. The third-order valence-electron chi connectivity index (χ3n) is 4.98. The van der Waals surface area contributed by atoms with E-state index in [-0.39, 0.29) is 17.2 Å². The lowest BCUT2D eigenvalue weighted by molar-refractivity contribution is 0.627. The summed E-state index contributed by atoms with van der Waals surface area (Å²) in [5, 5.41) is 0.407. The Morgan fingerprint density at radius 1 is 0.733 bits per heavy atom. The maximum absolute atomic E-state index is 13.5. The number of halogens is 2. The molecule has 0 saturated heterocycles. The fourth-order valence-electron chi connectivity index (χ4n) is 3.54. The van der Waals surface area contributed by atoms with Gasteiger partial charge in [0.05, 0.1) is 16.8 Å². The molecule has 0 aliphatic heterocycles. The van der Waals surface area contributed by atoms with Crippen molar-refractivity contribution in [1.29, 1.82) is 0 Å². The first-order valence-electron chi connectivity index (χ1n) is 9.32. The van der Waals surface area contributed by atoms with Crippen LogP contribution in [-0.4, -0.2) is 14.1 Å². The molecule has 30 heavy (non-hydrogen) atoms. The quantitative estimate of drug-likeness (QED) is 0.422. The molecule has 2 aromatic heterocycles. The van der Waals surface area contributed by atoms with Crippen LogP contribution in [0, 0.1) is 11.6 Å². The summed E-state index contributed by atoms with van der Waals surface area (Å²) in [6.07, 6.45) is 1.42. The zero-order valence-electron chi connectivity index (χ0n) is 15.7. The van der Waals surface area contributed by atoms with Crippen molar-refractivity contribution in [2.75, 3.05) is 0 Å². The standard InChI is InChI=1S/C24H15F2N3O/c25-17-6-10-19(11-7-17)28-15-27-23-21(24(28)30)14-22(16-4-2-1-3-5-16)29(23)20-12-8-18(26)9-13-20/h1-15H. The molecular formula is C24H15F2N3O. The number of hydrogen-bond acceptors (Lipinski definition) is 2. The summed E-state index contributed by atoms with van der Waals surface area (Å²) >= 11 is 0. The molecule has 0 amide bonds. The van der Waals surface area contributed by atoms with Gasteiger partial charge in [-0.05, 0) is 60.2 Å². The van der Waals surface area contributed by atoms with Crippen molar-refractivity contribution in [1.82, 2.24) is 14.1 Å². The minimum absolute atomic E-state index is 0.273. The molecule has 0 spiro atoms. The second-order valence-electron chi connectivity index (χ2n) is 6.84. The molecule has 3 aromatic carbocycles. The van der Waals surface area contributed by atoms with Crippen LogP contribution in [0.2, 0.25) is 0 Å². The summed E-state index contributed by atoms with van der Waals surface area (Å²) in [7, 11) is 0. The topological polar surface area (TPSA) is 39.8 Å². The van der Waals surface area contributed by atoms with Crippen LogP contribution in [0.1, 0.15) is 0 Å². The molecule has 0 radical (unpaired) electrons. The largest absolute Gasteiger partial charge is 0.294 e. The Labute approximate surface area is 170 Å². The van der Waals surface area contributed by atoms with E-state index in [1.807, 2.05) is 34.9 Å². The summed E-state index contributed by atoms with van der Waals surface area (Å²) in [6, 6.07) is 23.1. The number of nitrogens with zero attached hydrogens (tertiary/aromatic N) is 3. The van der Waals surface area contributed by atoms with Gasteiger partial charge in [-0.2, -0.15) is 0 Å². The summed E-state index contributed by atoms with van der Waals surface area (Å²) in [5.74, 6) is -0.724. The molecule has 146 valence electrons. The summed E-state index contributed by atoms with van der Waals surface area (Å²) in [6.45, 7) is 0. The summed E-state index contributed by atoms with van der Waals surface area (Å²) in [4.78, 5) is 17.8. The highest BCUT2D eigenvalue weighted by molar-refractivity contribution is 5.86. The highest BCUT2D eigenvalue weighted by Gasteiger charge is 2.17. The Hall–Kier alpha value is -4.06. The molecule has 0 aliphatic carbocycles. The first-order chi connectivity index (χ1) is 14.6. The average Bonchev–Trinajstić information content (AvgIpc) is 3.17. The van der Waals surface area contributed by atoms with E-state index in [9.17, 15) is 13.6 Å². The van der Waals surface area contributed by atoms with E-state index in [0.29, 0.717) is 22.4 Å². The van der Waals surface area contributed by atoms with E-state index in [1.165, 1.54) is 47.3 Å². The second-order valence-corrected chi connectivity index (χ2v) is 6.84. The lowest BCUT2D eigenvalue weighted by atomic mass is 10.1. The molecule has 0 atom stereocenters. The highest BCUT2D eigenvalue weighted by Crippen LogP contribution is 2.29. The SMILES string of the molecule is O=c1c2cc(-c3ccccc3)n(-c3ccc(F)cc3)c2ncn1-c1ccc(F)cc1. The van der Waals surface area contributed by atoms with Gasteiger partial charge in [-0.3, -0.25) is 13.9 Å². The van der Waals surface area contributed by atoms with E-state index >= 15 is 0 Å². The van der Waals surface area contributed by atoms with Gasteiger partial charge in [-0.15, -0.1) is 0 Å². The van der Waals surface area contributed by atoms with E-state index < -0.39 is 0 Å². The Morgan fingerprint density at radius 2 is 1.33 bits per heavy atom. The van der Waals surface area contributed by atoms with Gasteiger partial charge in [0.2, 0.25) is 0 Å². The Kier molecular flexibility index (Phi) is 4.25. The van der Waals surface area contributed by atoms with Crippen molar-refractivity contribution in [3.05, 3.63) is 113 Å². The predicted molar refractivity (Wildman–Crippen MR) is 112 cm³/mol. The molecule has 0 bridgehead atoms. The molecule has 4 nitrogen and oxygen atoms in total. The van der Waals surface area contributed by atoms with E-state index in [4.69, 9.17) is 0 Å². The van der Waals surface area contributed by atoms with Crippen molar-refractivity contribution in [3.63, 3.8) is 0 Å². The van der Waals surface area contributed by atoms with E-state index in [0.717, 1.165) is 11.3 Å². The molecule has 0 N–H and O–H groups in total. The third kappa shape index (κ3) is 2.99. The third-order valence-corrected chi connectivity index (χ3v) is 4.98. The van der Waals surface area contributed by atoms with Crippen LogP contribution in [0.4, 0.5) is 8.78 Å². The zero-order valence-corrected chi connectivity index (χ0v) is 15.7. The van der Waals surface area contributed by atoms with Gasteiger partial charge in [0, 0.05) is 5.69 Å². The van der Waals surface area contributed by atoms with Gasteiger partial charge in [0.1, 0.15) is 18.0 Å². The number of hydrogen-bond donors (Lipinski definition) is 0. The number of fused-ring (bicyclic) bond motifs is 1. The van der Waals surface area contributed by atoms with Crippen molar-refractivity contribution in [2.24, 2.45) is 0 Å². The van der Waals surface area contributed by atoms with Crippen molar-refractivity contribution >= 4 is 11.0 Å². The molecule has 0 fully saturated rings. The lowest BCUT2D eigenvalue weighted by Crippen LogP contribution is -2.18. The molecule has 0 saturated carbocycles. The minimum Gasteiger partial charge on any atom is -0.294 e. The Balaban J connectivity index is 1.80. The fourth-order valence-corrected chi connectivity index (χ4v) is 3.54. The molecule has 2 heterocycles. The fraction of sp³-hybridized carbons (Fsp3) is 0. The van der Waals surface area contributed by atoms with E-state index in [2.05, 4.69) is 4.98 Å². The van der Waals surface area contributed by atoms with Gasteiger partial charge in [-0.25, -0.2) is 13.8 Å². The van der Waals surface area contributed by atoms with Crippen LogP contribution >= 0.6 is 0 Å². The lowest BCUT2D eigenvalue weighted by Gasteiger charge is -2.11. The molecule has 0 unspecified atom stereocenters. The van der Waals surface area contributed by atoms with Crippen LogP contribution in [0.25, 0.3) is 33.7 Å². The maximum Gasteiger partial charge on any atom is 0.267 e.